The quantitative estimate of drug-likeness (QED) is 0.924. The highest BCUT2D eigenvalue weighted by Crippen LogP contribution is 2.48. The molecule has 4 rings (SSSR count). The molecular formula is C15H20ClN5. The first-order chi connectivity index (χ1) is 9.77. The third-order valence-electron chi connectivity index (χ3n) is 4.82. The zero-order valence-corrected chi connectivity index (χ0v) is 12.9. The third-order valence-corrected chi connectivity index (χ3v) is 4.82. The maximum atomic E-state index is 4.43. The van der Waals surface area contributed by atoms with Crippen LogP contribution in [0.4, 0.5) is 0 Å². The molecule has 2 fully saturated rings. The fourth-order valence-corrected chi connectivity index (χ4v) is 3.92. The lowest BCUT2D eigenvalue weighted by Gasteiger charge is -2.35. The van der Waals surface area contributed by atoms with Crippen molar-refractivity contribution in [1.29, 1.82) is 0 Å². The molecule has 0 radical (unpaired) electrons. The van der Waals surface area contributed by atoms with Crippen molar-refractivity contribution < 1.29 is 0 Å². The number of aromatic nitrogens is 4. The molecule has 3 heterocycles. The number of nitrogens with zero attached hydrogens (tertiary/aromatic N) is 4. The topological polar surface area (TPSA) is 55.6 Å². The van der Waals surface area contributed by atoms with E-state index in [1.165, 1.54) is 24.8 Å². The van der Waals surface area contributed by atoms with Gasteiger partial charge in [0.15, 0.2) is 5.82 Å². The molecule has 0 spiro atoms. The number of hydrogen-bond donors (Lipinski definition) is 1. The Morgan fingerprint density at radius 1 is 1.29 bits per heavy atom. The molecule has 1 aromatic carbocycles. The average molecular weight is 306 g/mol. The molecule has 2 aliphatic heterocycles. The van der Waals surface area contributed by atoms with Gasteiger partial charge in [-0.1, -0.05) is 30.3 Å². The molecule has 2 saturated heterocycles. The van der Waals surface area contributed by atoms with Gasteiger partial charge in [-0.3, -0.25) is 0 Å². The van der Waals surface area contributed by atoms with Crippen molar-refractivity contribution in [3.8, 4) is 0 Å². The summed E-state index contributed by atoms with van der Waals surface area (Å²) in [5, 5.41) is 16.5. The van der Waals surface area contributed by atoms with Crippen LogP contribution in [0.1, 0.15) is 43.0 Å². The number of piperidine rings is 1. The molecule has 3 atom stereocenters. The van der Waals surface area contributed by atoms with E-state index in [0.29, 0.717) is 12.0 Å². The highest BCUT2D eigenvalue weighted by molar-refractivity contribution is 5.85. The first-order valence-electron chi connectivity index (χ1n) is 7.34. The summed E-state index contributed by atoms with van der Waals surface area (Å²) in [5.41, 5.74) is 1.50. The molecule has 2 bridgehead atoms. The van der Waals surface area contributed by atoms with Gasteiger partial charge in [-0.05, 0) is 36.5 Å². The summed E-state index contributed by atoms with van der Waals surface area (Å²) in [6.45, 7) is 0. The lowest BCUT2D eigenvalue weighted by atomic mass is 9.82. The SMILES string of the molecule is Cl.Cn1nnc(C2CC3(c4ccccc4)CCCC2N3)n1. The molecular weight excluding hydrogens is 286 g/mol. The summed E-state index contributed by atoms with van der Waals surface area (Å²) in [5.74, 6) is 1.27. The number of benzene rings is 1. The second kappa shape index (κ2) is 5.39. The number of hydrogen-bond acceptors (Lipinski definition) is 4. The van der Waals surface area contributed by atoms with Gasteiger partial charge in [0.25, 0.3) is 0 Å². The van der Waals surface area contributed by atoms with Crippen molar-refractivity contribution in [2.75, 3.05) is 0 Å². The Labute approximate surface area is 130 Å². The molecule has 2 aromatic rings. The van der Waals surface area contributed by atoms with Crippen LogP contribution in [0.2, 0.25) is 0 Å². The molecule has 3 unspecified atom stereocenters. The third kappa shape index (κ3) is 2.34. The first kappa shape index (κ1) is 14.5. The van der Waals surface area contributed by atoms with E-state index in [2.05, 4.69) is 51.1 Å². The second-order valence-electron chi connectivity index (χ2n) is 6.04. The second-order valence-corrected chi connectivity index (χ2v) is 6.04. The molecule has 0 amide bonds. The van der Waals surface area contributed by atoms with Crippen LogP contribution in [-0.4, -0.2) is 26.2 Å². The number of tetrazole rings is 1. The van der Waals surface area contributed by atoms with Crippen LogP contribution in [0.25, 0.3) is 0 Å². The van der Waals surface area contributed by atoms with E-state index in [-0.39, 0.29) is 17.9 Å². The first-order valence-corrected chi connectivity index (χ1v) is 7.34. The molecule has 0 aliphatic carbocycles. The average Bonchev–Trinajstić information content (AvgIpc) is 3.02. The van der Waals surface area contributed by atoms with Crippen molar-refractivity contribution in [2.24, 2.45) is 7.05 Å². The van der Waals surface area contributed by atoms with Crippen LogP contribution >= 0.6 is 12.4 Å². The van der Waals surface area contributed by atoms with Gasteiger partial charge in [0, 0.05) is 17.5 Å². The summed E-state index contributed by atoms with van der Waals surface area (Å²) >= 11 is 0. The van der Waals surface area contributed by atoms with E-state index >= 15 is 0 Å². The van der Waals surface area contributed by atoms with E-state index in [9.17, 15) is 0 Å². The van der Waals surface area contributed by atoms with Gasteiger partial charge in [0.05, 0.1) is 7.05 Å². The van der Waals surface area contributed by atoms with E-state index in [1.54, 1.807) is 4.80 Å². The van der Waals surface area contributed by atoms with Crippen LogP contribution in [-0.2, 0) is 12.6 Å². The van der Waals surface area contributed by atoms with Gasteiger partial charge in [-0.15, -0.1) is 22.6 Å². The fraction of sp³-hybridized carbons (Fsp3) is 0.533. The lowest BCUT2D eigenvalue weighted by molar-refractivity contribution is 0.280. The van der Waals surface area contributed by atoms with Crippen LogP contribution in [0, 0.1) is 0 Å². The summed E-state index contributed by atoms with van der Waals surface area (Å²) in [6.07, 6.45) is 4.75. The maximum Gasteiger partial charge on any atom is 0.179 e. The van der Waals surface area contributed by atoms with Crippen molar-refractivity contribution in [3.63, 3.8) is 0 Å². The van der Waals surface area contributed by atoms with Crippen molar-refractivity contribution >= 4 is 12.4 Å². The highest BCUT2D eigenvalue weighted by Gasteiger charge is 2.49. The molecule has 1 N–H and O–H groups in total. The van der Waals surface area contributed by atoms with Crippen LogP contribution in [0.15, 0.2) is 30.3 Å². The Hall–Kier alpha value is -1.46. The normalized spacial score (nSPS) is 30.9. The Morgan fingerprint density at radius 3 is 2.81 bits per heavy atom. The molecule has 2 aliphatic rings. The Balaban J connectivity index is 0.00000132. The van der Waals surface area contributed by atoms with E-state index in [4.69, 9.17) is 0 Å². The number of halogens is 1. The minimum absolute atomic E-state index is 0. The Kier molecular flexibility index (Phi) is 3.71. The van der Waals surface area contributed by atoms with Gasteiger partial charge in [0.1, 0.15) is 0 Å². The largest absolute Gasteiger partial charge is 0.304 e. The van der Waals surface area contributed by atoms with Crippen LogP contribution in [0.5, 0.6) is 0 Å². The predicted molar refractivity (Wildman–Crippen MR) is 82.3 cm³/mol. The Morgan fingerprint density at radius 2 is 2.10 bits per heavy atom. The number of rotatable bonds is 2. The molecule has 0 saturated carbocycles. The number of aryl methyl sites for hydroxylation is 1. The number of fused-ring (bicyclic) bond motifs is 2. The van der Waals surface area contributed by atoms with Crippen molar-refractivity contribution in [2.45, 2.75) is 43.2 Å². The zero-order valence-electron chi connectivity index (χ0n) is 12.1. The minimum atomic E-state index is 0. The van der Waals surface area contributed by atoms with Crippen molar-refractivity contribution in [1.82, 2.24) is 25.5 Å². The van der Waals surface area contributed by atoms with Gasteiger partial charge < -0.3 is 5.32 Å². The summed E-state index contributed by atoms with van der Waals surface area (Å²) in [7, 11) is 1.83. The van der Waals surface area contributed by atoms with Crippen LogP contribution < -0.4 is 5.32 Å². The highest BCUT2D eigenvalue weighted by atomic mass is 35.5. The minimum Gasteiger partial charge on any atom is -0.304 e. The van der Waals surface area contributed by atoms with E-state index < -0.39 is 0 Å². The maximum absolute atomic E-state index is 4.43. The molecule has 6 heteroatoms. The predicted octanol–water partition coefficient (Wildman–Crippen LogP) is 2.16. The standard InChI is InChI=1S/C15H19N5.ClH/c1-20-18-14(17-19-20)12-10-15(9-5-8-13(12)16-15)11-6-3-2-4-7-11;/h2-4,6-7,12-13,16H,5,8-10H2,1H3;1H. The van der Waals surface area contributed by atoms with Gasteiger partial charge >= 0.3 is 0 Å². The number of nitrogens with one attached hydrogen (secondary N) is 1. The van der Waals surface area contributed by atoms with Gasteiger partial charge in [-0.2, -0.15) is 4.80 Å². The fourth-order valence-electron chi connectivity index (χ4n) is 3.92. The Bertz CT molecular complexity index is 614. The summed E-state index contributed by atoms with van der Waals surface area (Å²) in [6, 6.07) is 11.3. The molecule has 1 aromatic heterocycles. The monoisotopic (exact) mass is 305 g/mol. The summed E-state index contributed by atoms with van der Waals surface area (Å²) < 4.78 is 0. The van der Waals surface area contributed by atoms with Crippen molar-refractivity contribution in [3.05, 3.63) is 41.7 Å². The molecule has 21 heavy (non-hydrogen) atoms. The van der Waals surface area contributed by atoms with Gasteiger partial charge in [0.2, 0.25) is 0 Å². The van der Waals surface area contributed by atoms with Crippen LogP contribution in [0.3, 0.4) is 0 Å². The molecule has 5 nitrogen and oxygen atoms in total. The lowest BCUT2D eigenvalue weighted by Crippen LogP contribution is -2.44. The van der Waals surface area contributed by atoms with E-state index in [1.807, 2.05) is 7.05 Å². The molecule has 112 valence electrons. The van der Waals surface area contributed by atoms with E-state index in [0.717, 1.165) is 12.2 Å². The smallest absolute Gasteiger partial charge is 0.179 e. The zero-order chi connectivity index (χ0) is 13.6. The van der Waals surface area contributed by atoms with Gasteiger partial charge in [-0.25, -0.2) is 0 Å². The summed E-state index contributed by atoms with van der Waals surface area (Å²) in [4.78, 5) is 1.56.